The zero-order valence-corrected chi connectivity index (χ0v) is 11.4. The maximum atomic E-state index is 5.98. The summed E-state index contributed by atoms with van der Waals surface area (Å²) in [6.07, 6.45) is 0. The Kier molecular flexibility index (Phi) is 1.89. The fraction of sp³-hybridized carbons (Fsp3) is 0. The van der Waals surface area contributed by atoms with Crippen molar-refractivity contribution < 1.29 is 4.42 Å². The van der Waals surface area contributed by atoms with Gasteiger partial charge in [0, 0.05) is 30.9 Å². The molecule has 0 saturated carbocycles. The molecule has 3 aromatic carbocycles. The molecule has 2 heteroatoms. The third-order valence-corrected chi connectivity index (χ3v) is 5.01. The Hall–Kier alpha value is -2.32. The van der Waals surface area contributed by atoms with E-state index >= 15 is 0 Å². The molecule has 5 rings (SSSR count). The SMILES string of the molecule is c1ccc2c(c1)oc1cc3c(cc12)sc1ccccc13. The third-order valence-electron chi connectivity index (χ3n) is 3.88. The van der Waals surface area contributed by atoms with Crippen molar-refractivity contribution in [2.45, 2.75) is 0 Å². The standard InChI is InChI=1S/C18H10OS/c1-3-7-15-11(5-1)13-10-18-14(9-16(13)19-15)12-6-2-4-8-17(12)20-18/h1-10H. The minimum atomic E-state index is 0.962. The third kappa shape index (κ3) is 1.27. The van der Waals surface area contributed by atoms with E-state index in [-0.39, 0.29) is 0 Å². The highest BCUT2D eigenvalue weighted by atomic mass is 32.1. The van der Waals surface area contributed by atoms with Crippen molar-refractivity contribution >= 4 is 53.4 Å². The molecule has 1 nitrogen and oxygen atoms in total. The number of para-hydroxylation sites is 1. The van der Waals surface area contributed by atoms with Crippen LogP contribution in [0.3, 0.4) is 0 Å². The van der Waals surface area contributed by atoms with Gasteiger partial charge in [0.2, 0.25) is 0 Å². The molecule has 0 unspecified atom stereocenters. The van der Waals surface area contributed by atoms with Crippen LogP contribution in [0.2, 0.25) is 0 Å². The largest absolute Gasteiger partial charge is 0.456 e. The van der Waals surface area contributed by atoms with E-state index < -0.39 is 0 Å². The molecular weight excluding hydrogens is 264 g/mol. The molecule has 0 bridgehead atoms. The Morgan fingerprint density at radius 3 is 2.35 bits per heavy atom. The Morgan fingerprint density at radius 1 is 0.600 bits per heavy atom. The van der Waals surface area contributed by atoms with Gasteiger partial charge in [-0.2, -0.15) is 0 Å². The number of thiophene rings is 1. The van der Waals surface area contributed by atoms with Crippen LogP contribution in [0.25, 0.3) is 42.1 Å². The molecule has 0 aliphatic carbocycles. The zero-order valence-electron chi connectivity index (χ0n) is 10.6. The Balaban J connectivity index is 2.05. The molecule has 5 aromatic rings. The summed E-state index contributed by atoms with van der Waals surface area (Å²) in [4.78, 5) is 0. The Morgan fingerprint density at radius 2 is 1.40 bits per heavy atom. The van der Waals surface area contributed by atoms with Crippen molar-refractivity contribution in [1.82, 2.24) is 0 Å². The van der Waals surface area contributed by atoms with Gasteiger partial charge in [0.15, 0.2) is 0 Å². The lowest BCUT2D eigenvalue weighted by Gasteiger charge is -1.92. The average Bonchev–Trinajstić information content (AvgIpc) is 3.02. The molecule has 0 N–H and O–H groups in total. The smallest absolute Gasteiger partial charge is 0.136 e. The highest BCUT2D eigenvalue weighted by molar-refractivity contribution is 7.25. The van der Waals surface area contributed by atoms with Crippen LogP contribution in [-0.4, -0.2) is 0 Å². The predicted octanol–water partition coefficient (Wildman–Crippen LogP) is 5.95. The Labute approximate surface area is 119 Å². The van der Waals surface area contributed by atoms with Crippen LogP contribution < -0.4 is 0 Å². The minimum absolute atomic E-state index is 0.962. The van der Waals surface area contributed by atoms with Crippen LogP contribution in [0, 0.1) is 0 Å². The fourth-order valence-electron chi connectivity index (χ4n) is 2.94. The summed E-state index contributed by atoms with van der Waals surface area (Å²) in [6.45, 7) is 0. The molecule has 0 aliphatic rings. The van der Waals surface area contributed by atoms with Crippen LogP contribution >= 0.6 is 11.3 Å². The number of fused-ring (bicyclic) bond motifs is 6. The number of furan rings is 1. The highest BCUT2D eigenvalue weighted by Crippen LogP contribution is 2.39. The molecule has 94 valence electrons. The summed E-state index contributed by atoms with van der Waals surface area (Å²) in [6, 6.07) is 21.2. The van der Waals surface area contributed by atoms with Crippen LogP contribution in [0.4, 0.5) is 0 Å². The monoisotopic (exact) mass is 274 g/mol. The van der Waals surface area contributed by atoms with Crippen molar-refractivity contribution in [1.29, 1.82) is 0 Å². The molecular formula is C18H10OS. The lowest BCUT2D eigenvalue weighted by atomic mass is 10.1. The van der Waals surface area contributed by atoms with Gasteiger partial charge in [-0.15, -0.1) is 11.3 Å². The first kappa shape index (κ1) is 10.5. The summed E-state index contributed by atoms with van der Waals surface area (Å²) in [5.74, 6) is 0. The summed E-state index contributed by atoms with van der Waals surface area (Å²) in [5, 5.41) is 5.01. The molecule has 0 spiro atoms. The topological polar surface area (TPSA) is 13.1 Å². The van der Waals surface area contributed by atoms with Gasteiger partial charge < -0.3 is 4.42 Å². The van der Waals surface area contributed by atoms with Gasteiger partial charge in [-0.05, 0) is 24.3 Å². The highest BCUT2D eigenvalue weighted by Gasteiger charge is 2.11. The minimum Gasteiger partial charge on any atom is -0.456 e. The lowest BCUT2D eigenvalue weighted by Crippen LogP contribution is -1.67. The van der Waals surface area contributed by atoms with E-state index in [1.807, 2.05) is 23.5 Å². The molecule has 0 radical (unpaired) electrons. The van der Waals surface area contributed by atoms with Crippen LogP contribution in [-0.2, 0) is 0 Å². The van der Waals surface area contributed by atoms with Crippen molar-refractivity contribution in [2.75, 3.05) is 0 Å². The first-order valence-corrected chi connectivity index (χ1v) is 7.44. The van der Waals surface area contributed by atoms with Crippen molar-refractivity contribution in [3.63, 3.8) is 0 Å². The van der Waals surface area contributed by atoms with E-state index in [0.29, 0.717) is 0 Å². The van der Waals surface area contributed by atoms with Gasteiger partial charge in [-0.1, -0.05) is 36.4 Å². The van der Waals surface area contributed by atoms with Gasteiger partial charge in [0.1, 0.15) is 11.2 Å². The van der Waals surface area contributed by atoms with Crippen molar-refractivity contribution in [3.8, 4) is 0 Å². The second-order valence-electron chi connectivity index (χ2n) is 5.04. The molecule has 20 heavy (non-hydrogen) atoms. The molecule has 2 aromatic heterocycles. The quantitative estimate of drug-likeness (QED) is 0.340. The zero-order chi connectivity index (χ0) is 13.1. The average molecular weight is 274 g/mol. The normalized spacial score (nSPS) is 12.0. The molecule has 0 saturated heterocycles. The molecule has 0 aliphatic heterocycles. The van der Waals surface area contributed by atoms with Gasteiger partial charge in [-0.25, -0.2) is 0 Å². The molecule has 0 fully saturated rings. The summed E-state index contributed by atoms with van der Waals surface area (Å²) in [7, 11) is 0. The van der Waals surface area contributed by atoms with Crippen LogP contribution in [0.15, 0.2) is 65.1 Å². The number of hydrogen-bond donors (Lipinski definition) is 0. The van der Waals surface area contributed by atoms with E-state index in [1.165, 1.54) is 30.9 Å². The number of hydrogen-bond acceptors (Lipinski definition) is 2. The van der Waals surface area contributed by atoms with Crippen molar-refractivity contribution in [3.05, 3.63) is 60.7 Å². The van der Waals surface area contributed by atoms with Gasteiger partial charge >= 0.3 is 0 Å². The molecule has 2 heterocycles. The molecule has 0 amide bonds. The maximum absolute atomic E-state index is 5.98. The second-order valence-corrected chi connectivity index (χ2v) is 6.12. The van der Waals surface area contributed by atoms with Crippen molar-refractivity contribution in [2.24, 2.45) is 0 Å². The van der Waals surface area contributed by atoms with Crippen LogP contribution in [0.5, 0.6) is 0 Å². The Bertz CT molecular complexity index is 1010. The first-order chi connectivity index (χ1) is 9.90. The first-order valence-electron chi connectivity index (χ1n) is 6.63. The predicted molar refractivity (Wildman–Crippen MR) is 86.6 cm³/mol. The van der Waals surface area contributed by atoms with E-state index in [1.54, 1.807) is 0 Å². The van der Waals surface area contributed by atoms with E-state index in [0.717, 1.165) is 11.2 Å². The number of rotatable bonds is 0. The summed E-state index contributed by atoms with van der Waals surface area (Å²) >= 11 is 1.85. The lowest BCUT2D eigenvalue weighted by molar-refractivity contribution is 0.669. The van der Waals surface area contributed by atoms with E-state index in [9.17, 15) is 0 Å². The van der Waals surface area contributed by atoms with E-state index in [2.05, 4.69) is 48.5 Å². The van der Waals surface area contributed by atoms with E-state index in [4.69, 9.17) is 4.42 Å². The van der Waals surface area contributed by atoms with Gasteiger partial charge in [0.05, 0.1) is 0 Å². The van der Waals surface area contributed by atoms with Gasteiger partial charge in [-0.3, -0.25) is 0 Å². The van der Waals surface area contributed by atoms with Crippen LogP contribution in [0.1, 0.15) is 0 Å². The second kappa shape index (κ2) is 3.62. The summed E-state index contributed by atoms with van der Waals surface area (Å²) in [5.41, 5.74) is 1.94. The molecule has 0 atom stereocenters. The summed E-state index contributed by atoms with van der Waals surface area (Å²) < 4.78 is 8.64. The fourth-order valence-corrected chi connectivity index (χ4v) is 4.07. The van der Waals surface area contributed by atoms with Gasteiger partial charge in [0.25, 0.3) is 0 Å². The maximum Gasteiger partial charge on any atom is 0.136 e. The number of benzene rings is 3.